The molecule has 3 N–H and O–H groups in total. The molecule has 20 heavy (non-hydrogen) atoms. The maximum absolute atomic E-state index is 10.8. The summed E-state index contributed by atoms with van der Waals surface area (Å²) in [5.74, 6) is 6.63. The van der Waals surface area contributed by atoms with Crippen molar-refractivity contribution in [2.45, 2.75) is 6.92 Å². The number of hydrogen-bond acceptors (Lipinski definition) is 7. The molecule has 0 atom stereocenters. The Kier molecular flexibility index (Phi) is 4.11. The van der Waals surface area contributed by atoms with Gasteiger partial charge in [-0.3, -0.25) is 10.1 Å². The zero-order valence-corrected chi connectivity index (χ0v) is 11.9. The number of nitrogens with two attached hydrogens (primary N) is 1. The molecule has 0 saturated heterocycles. The van der Waals surface area contributed by atoms with Crippen molar-refractivity contribution in [3.8, 4) is 11.6 Å². The summed E-state index contributed by atoms with van der Waals surface area (Å²) in [6.45, 7) is 1.68. The van der Waals surface area contributed by atoms with E-state index in [4.69, 9.17) is 10.6 Å². The Labute approximate surface area is 122 Å². The summed E-state index contributed by atoms with van der Waals surface area (Å²) in [5, 5.41) is 10.8. The number of hydrogen-bond donors (Lipinski definition) is 2. The molecule has 0 aliphatic carbocycles. The normalized spacial score (nSPS) is 10.2. The Morgan fingerprint density at radius 3 is 2.85 bits per heavy atom. The van der Waals surface area contributed by atoms with Gasteiger partial charge in [-0.25, -0.2) is 10.8 Å². The van der Waals surface area contributed by atoms with Crippen molar-refractivity contribution in [2.24, 2.45) is 5.84 Å². The van der Waals surface area contributed by atoms with Gasteiger partial charge >= 0.3 is 0 Å². The van der Waals surface area contributed by atoms with E-state index in [2.05, 4.69) is 31.3 Å². The lowest BCUT2D eigenvalue weighted by Crippen LogP contribution is -2.09. The average Bonchev–Trinajstić information content (AvgIpc) is 2.40. The third-order valence-corrected chi connectivity index (χ3v) is 3.11. The molecule has 0 saturated carbocycles. The lowest BCUT2D eigenvalue weighted by molar-refractivity contribution is -0.385. The van der Waals surface area contributed by atoms with Crippen LogP contribution in [-0.2, 0) is 0 Å². The zero-order chi connectivity index (χ0) is 14.7. The number of aryl methyl sites for hydroxylation is 1. The predicted molar refractivity (Wildman–Crippen MR) is 75.4 cm³/mol. The SMILES string of the molecule is Cc1nc(NN)cc(Oc2cccc([N+](=O)[O-])c2Br)n1. The number of nitro benzene ring substituents is 1. The predicted octanol–water partition coefficient (Wildman–Crippen LogP) is 2.53. The quantitative estimate of drug-likeness (QED) is 0.499. The highest BCUT2D eigenvalue weighted by Crippen LogP contribution is 2.36. The van der Waals surface area contributed by atoms with Gasteiger partial charge in [0.2, 0.25) is 5.88 Å². The van der Waals surface area contributed by atoms with Crippen LogP contribution in [0.5, 0.6) is 11.6 Å². The standard InChI is InChI=1S/C11H10BrN5O3/c1-6-14-9(16-13)5-10(15-6)20-8-4-2-3-7(11(8)12)17(18)19/h2-5H,13H2,1H3,(H,14,15,16). The molecule has 1 heterocycles. The smallest absolute Gasteiger partial charge is 0.287 e. The summed E-state index contributed by atoms with van der Waals surface area (Å²) in [5.41, 5.74) is 2.29. The molecule has 1 aromatic carbocycles. The van der Waals surface area contributed by atoms with Crippen LogP contribution in [-0.4, -0.2) is 14.9 Å². The van der Waals surface area contributed by atoms with E-state index in [9.17, 15) is 10.1 Å². The minimum atomic E-state index is -0.505. The highest BCUT2D eigenvalue weighted by atomic mass is 79.9. The summed E-state index contributed by atoms with van der Waals surface area (Å²) in [7, 11) is 0. The summed E-state index contributed by atoms with van der Waals surface area (Å²) in [4.78, 5) is 18.4. The van der Waals surface area contributed by atoms with E-state index >= 15 is 0 Å². The molecule has 0 amide bonds. The Morgan fingerprint density at radius 1 is 1.45 bits per heavy atom. The van der Waals surface area contributed by atoms with E-state index in [-0.39, 0.29) is 21.8 Å². The summed E-state index contributed by atoms with van der Waals surface area (Å²) < 4.78 is 5.76. The minimum absolute atomic E-state index is 0.0922. The first-order chi connectivity index (χ1) is 9.51. The molecule has 2 rings (SSSR count). The van der Waals surface area contributed by atoms with Crippen LogP contribution < -0.4 is 16.0 Å². The van der Waals surface area contributed by atoms with Crippen molar-refractivity contribution in [3.63, 3.8) is 0 Å². The number of hydrazine groups is 1. The molecule has 1 aromatic heterocycles. The van der Waals surface area contributed by atoms with Crippen LogP contribution in [0.4, 0.5) is 11.5 Å². The number of nitro groups is 1. The van der Waals surface area contributed by atoms with Gasteiger partial charge in [-0.15, -0.1) is 0 Å². The Hall–Kier alpha value is -2.26. The van der Waals surface area contributed by atoms with Gasteiger partial charge in [0.25, 0.3) is 5.69 Å². The van der Waals surface area contributed by atoms with Gasteiger partial charge in [-0.05, 0) is 28.9 Å². The van der Waals surface area contributed by atoms with Crippen LogP contribution in [0.15, 0.2) is 28.7 Å². The van der Waals surface area contributed by atoms with Crippen LogP contribution in [0.25, 0.3) is 0 Å². The summed E-state index contributed by atoms with van der Waals surface area (Å²) in [6.07, 6.45) is 0. The van der Waals surface area contributed by atoms with Gasteiger partial charge in [-0.2, -0.15) is 4.98 Å². The van der Waals surface area contributed by atoms with Gasteiger partial charge in [0, 0.05) is 12.1 Å². The number of halogens is 1. The second-order valence-electron chi connectivity index (χ2n) is 3.73. The van der Waals surface area contributed by atoms with E-state index in [1.54, 1.807) is 13.0 Å². The highest BCUT2D eigenvalue weighted by Gasteiger charge is 2.17. The molecular formula is C11H10BrN5O3. The fourth-order valence-electron chi connectivity index (χ4n) is 1.50. The van der Waals surface area contributed by atoms with Crippen molar-refractivity contribution in [1.29, 1.82) is 0 Å². The van der Waals surface area contributed by atoms with E-state index in [1.807, 2.05) is 0 Å². The number of nitrogens with zero attached hydrogens (tertiary/aromatic N) is 3. The third kappa shape index (κ3) is 3.00. The first kappa shape index (κ1) is 14.2. The molecule has 0 spiro atoms. The van der Waals surface area contributed by atoms with Gasteiger partial charge in [-0.1, -0.05) is 6.07 Å². The molecule has 8 nitrogen and oxygen atoms in total. The van der Waals surface area contributed by atoms with Crippen molar-refractivity contribution >= 4 is 27.4 Å². The molecule has 0 fully saturated rings. The maximum atomic E-state index is 10.8. The Balaban J connectivity index is 2.37. The number of anilines is 1. The largest absolute Gasteiger partial charge is 0.437 e. The van der Waals surface area contributed by atoms with Crippen molar-refractivity contribution in [1.82, 2.24) is 9.97 Å². The average molecular weight is 340 g/mol. The number of nitrogens with one attached hydrogen (secondary N) is 1. The number of ether oxygens (including phenoxy) is 1. The fourth-order valence-corrected chi connectivity index (χ4v) is 1.99. The highest BCUT2D eigenvalue weighted by molar-refractivity contribution is 9.10. The Bertz CT molecular complexity index is 665. The minimum Gasteiger partial charge on any atom is -0.437 e. The van der Waals surface area contributed by atoms with E-state index in [0.29, 0.717) is 11.6 Å². The van der Waals surface area contributed by atoms with Crippen LogP contribution in [0.3, 0.4) is 0 Å². The number of benzene rings is 1. The van der Waals surface area contributed by atoms with Crippen LogP contribution in [0.1, 0.15) is 5.82 Å². The van der Waals surface area contributed by atoms with Crippen molar-refractivity contribution in [2.75, 3.05) is 5.43 Å². The van der Waals surface area contributed by atoms with Gasteiger partial charge < -0.3 is 10.2 Å². The van der Waals surface area contributed by atoms with Gasteiger partial charge in [0.1, 0.15) is 16.1 Å². The van der Waals surface area contributed by atoms with Gasteiger partial charge in [0.15, 0.2) is 5.75 Å². The van der Waals surface area contributed by atoms with E-state index in [0.717, 1.165) is 0 Å². The monoisotopic (exact) mass is 339 g/mol. The summed E-state index contributed by atoms with van der Waals surface area (Å²) >= 11 is 3.14. The molecule has 9 heteroatoms. The van der Waals surface area contributed by atoms with Gasteiger partial charge in [0.05, 0.1) is 4.92 Å². The lowest BCUT2D eigenvalue weighted by atomic mass is 10.3. The van der Waals surface area contributed by atoms with Crippen molar-refractivity contribution < 1.29 is 9.66 Å². The van der Waals surface area contributed by atoms with Crippen LogP contribution in [0, 0.1) is 17.0 Å². The molecule has 0 bridgehead atoms. The molecule has 0 aliphatic rings. The third-order valence-electron chi connectivity index (χ3n) is 2.32. The first-order valence-electron chi connectivity index (χ1n) is 5.44. The lowest BCUT2D eigenvalue weighted by Gasteiger charge is -2.08. The topological polar surface area (TPSA) is 116 Å². The molecule has 0 aliphatic heterocycles. The molecule has 0 unspecified atom stereocenters. The molecule has 2 aromatic rings. The number of aromatic nitrogens is 2. The number of rotatable bonds is 4. The molecular weight excluding hydrogens is 330 g/mol. The second-order valence-corrected chi connectivity index (χ2v) is 4.52. The van der Waals surface area contributed by atoms with Crippen molar-refractivity contribution in [3.05, 3.63) is 44.7 Å². The van der Waals surface area contributed by atoms with E-state index in [1.165, 1.54) is 18.2 Å². The summed E-state index contributed by atoms with van der Waals surface area (Å²) in [6, 6.07) is 5.96. The molecule has 0 radical (unpaired) electrons. The Morgan fingerprint density at radius 2 is 2.20 bits per heavy atom. The van der Waals surface area contributed by atoms with E-state index < -0.39 is 4.92 Å². The zero-order valence-electron chi connectivity index (χ0n) is 10.3. The second kappa shape index (κ2) is 5.80. The molecule has 104 valence electrons. The van der Waals surface area contributed by atoms with Crippen LogP contribution >= 0.6 is 15.9 Å². The first-order valence-corrected chi connectivity index (χ1v) is 6.23. The maximum Gasteiger partial charge on any atom is 0.287 e. The number of nitrogen functional groups attached to an aromatic ring is 1. The van der Waals surface area contributed by atoms with Crippen LogP contribution in [0.2, 0.25) is 0 Å². The fraction of sp³-hybridized carbons (Fsp3) is 0.0909.